The number of ketones is 1. The molecule has 280 valence electrons. The van der Waals surface area contributed by atoms with E-state index in [0.717, 1.165) is 18.4 Å². The van der Waals surface area contributed by atoms with Crippen molar-refractivity contribution in [3.8, 4) is 0 Å². The summed E-state index contributed by atoms with van der Waals surface area (Å²) in [6, 6.07) is 8.89. The molecule has 10 unspecified atom stereocenters. The highest BCUT2D eigenvalue weighted by Gasteiger charge is 2.61. The van der Waals surface area contributed by atoms with Gasteiger partial charge >= 0.3 is 6.09 Å². The highest BCUT2D eigenvalue weighted by Crippen LogP contribution is 2.51. The first-order valence-corrected chi connectivity index (χ1v) is 19.4. The minimum absolute atomic E-state index is 0.0466. The zero-order valence-electron chi connectivity index (χ0n) is 31.1. The van der Waals surface area contributed by atoms with Gasteiger partial charge in [-0.15, -0.1) is 0 Å². The molecule has 0 spiro atoms. The largest absolute Gasteiger partial charge is 0.444 e. The van der Waals surface area contributed by atoms with Crippen molar-refractivity contribution in [1.29, 1.82) is 0 Å². The molecule has 2 amide bonds. The highest BCUT2D eigenvalue weighted by atomic mass is 19.1. The van der Waals surface area contributed by atoms with Gasteiger partial charge in [0, 0.05) is 50.9 Å². The maximum Gasteiger partial charge on any atom is 0.407 e. The second-order valence-electron chi connectivity index (χ2n) is 17.3. The van der Waals surface area contributed by atoms with Crippen LogP contribution in [0.2, 0.25) is 0 Å². The van der Waals surface area contributed by atoms with Crippen LogP contribution in [0.15, 0.2) is 42.1 Å². The number of alkyl halides is 1. The summed E-state index contributed by atoms with van der Waals surface area (Å²) in [5.41, 5.74) is 0.581. The third-order valence-electron chi connectivity index (χ3n) is 12.4. The molecule has 2 saturated heterocycles. The molecule has 1 aromatic rings. The lowest BCUT2D eigenvalue weighted by atomic mass is 9.64. The fraction of sp³-hybridized carbons (Fsp3) is 0.725. The predicted molar refractivity (Wildman–Crippen MR) is 192 cm³/mol. The Morgan fingerprint density at radius 1 is 1.00 bits per heavy atom. The molecule has 10 nitrogen and oxygen atoms in total. The Hall–Kier alpha value is -3.02. The molecule has 0 bridgehead atoms. The number of ether oxygens (including phenoxy) is 2. The zero-order valence-corrected chi connectivity index (χ0v) is 31.1. The van der Waals surface area contributed by atoms with E-state index in [-0.39, 0.29) is 47.9 Å². The van der Waals surface area contributed by atoms with E-state index in [4.69, 9.17) is 9.47 Å². The molecule has 3 aliphatic carbocycles. The lowest BCUT2D eigenvalue weighted by Gasteiger charge is -2.61. The van der Waals surface area contributed by atoms with E-state index in [1.165, 1.54) is 25.7 Å². The van der Waals surface area contributed by atoms with Gasteiger partial charge in [-0.05, 0) is 77.9 Å². The van der Waals surface area contributed by atoms with Crippen LogP contribution in [-0.4, -0.2) is 126 Å². The number of benzene rings is 1. The minimum Gasteiger partial charge on any atom is -0.444 e. The van der Waals surface area contributed by atoms with E-state index in [0.29, 0.717) is 51.0 Å². The molecule has 3 saturated carbocycles. The van der Waals surface area contributed by atoms with Gasteiger partial charge in [-0.3, -0.25) is 14.5 Å². The number of likely N-dealkylation sites (tertiary alicyclic amines) is 1. The summed E-state index contributed by atoms with van der Waals surface area (Å²) in [7, 11) is 3.96. The van der Waals surface area contributed by atoms with Gasteiger partial charge in [-0.2, -0.15) is 0 Å². The van der Waals surface area contributed by atoms with Crippen LogP contribution in [0.1, 0.15) is 77.7 Å². The number of carbonyl (C=O) groups excluding carboxylic acids is 3. The van der Waals surface area contributed by atoms with Gasteiger partial charge < -0.3 is 29.5 Å². The van der Waals surface area contributed by atoms with E-state index in [9.17, 15) is 14.4 Å². The molecule has 3 aliphatic heterocycles. The van der Waals surface area contributed by atoms with Gasteiger partial charge in [0.15, 0.2) is 5.78 Å². The van der Waals surface area contributed by atoms with Crippen molar-refractivity contribution in [2.75, 3.05) is 40.3 Å². The van der Waals surface area contributed by atoms with Gasteiger partial charge in [0.2, 0.25) is 0 Å². The smallest absolute Gasteiger partial charge is 0.407 e. The Morgan fingerprint density at radius 2 is 1.73 bits per heavy atom. The van der Waals surface area contributed by atoms with Gasteiger partial charge in [-0.25, -0.2) is 9.18 Å². The average Bonchev–Trinajstić information content (AvgIpc) is 3.53. The first kappa shape index (κ1) is 36.3. The third-order valence-corrected chi connectivity index (χ3v) is 12.4. The van der Waals surface area contributed by atoms with Crippen LogP contribution >= 0.6 is 0 Å². The molecule has 10 atom stereocenters. The summed E-state index contributed by atoms with van der Waals surface area (Å²) in [5, 5.41) is 2.99. The fourth-order valence-corrected chi connectivity index (χ4v) is 10.1. The van der Waals surface area contributed by atoms with Crippen LogP contribution in [0.25, 0.3) is 0 Å². The van der Waals surface area contributed by atoms with Crippen molar-refractivity contribution in [2.45, 2.75) is 127 Å². The van der Waals surface area contributed by atoms with E-state index < -0.39 is 35.9 Å². The van der Waals surface area contributed by atoms with Gasteiger partial charge in [0.1, 0.15) is 11.8 Å². The average molecular weight is 708 g/mol. The van der Waals surface area contributed by atoms with E-state index in [1.807, 2.05) is 76.3 Å². The highest BCUT2D eigenvalue weighted by molar-refractivity contribution is 6.20. The summed E-state index contributed by atoms with van der Waals surface area (Å²) in [6.45, 7) is 8.16. The van der Waals surface area contributed by atoms with Crippen molar-refractivity contribution >= 4 is 17.8 Å². The lowest BCUT2D eigenvalue weighted by molar-refractivity contribution is -0.219. The second kappa shape index (κ2) is 14.8. The summed E-state index contributed by atoms with van der Waals surface area (Å²) in [4.78, 5) is 49.9. The number of amides is 2. The van der Waals surface area contributed by atoms with Crippen LogP contribution in [0.5, 0.6) is 0 Å². The van der Waals surface area contributed by atoms with Crippen LogP contribution in [0.4, 0.5) is 9.18 Å². The molecule has 1 N–H and O–H groups in total. The summed E-state index contributed by atoms with van der Waals surface area (Å²) in [6.07, 6.45) is 7.02. The van der Waals surface area contributed by atoms with Crippen molar-refractivity contribution < 1.29 is 28.2 Å². The van der Waals surface area contributed by atoms with Crippen LogP contribution in [0, 0.1) is 17.8 Å². The number of nitrogens with zero attached hydrogens (tertiary/aromatic N) is 4. The van der Waals surface area contributed by atoms with Crippen LogP contribution < -0.4 is 5.32 Å². The van der Waals surface area contributed by atoms with Crippen molar-refractivity contribution in [3.05, 3.63) is 47.7 Å². The SMILES string of the molecule is CN(C)CCN(Cc1ccccc1)C(=O)C1=CN2C3CC4CCCCC4CC3OC3C(N4CCC(NC(=O)OC(C)(C)C)C4)C(F)CC(C1=O)C32. The topological polar surface area (TPSA) is 94.7 Å². The van der Waals surface area contributed by atoms with Crippen molar-refractivity contribution in [2.24, 2.45) is 17.8 Å². The predicted octanol–water partition coefficient (Wildman–Crippen LogP) is 4.78. The maximum atomic E-state index is 16.8. The molecule has 6 aliphatic rings. The number of carbonyl (C=O) groups is 3. The number of rotatable bonds is 8. The Kier molecular flexibility index (Phi) is 10.5. The number of hydrogen-bond donors (Lipinski definition) is 1. The quantitative estimate of drug-likeness (QED) is 0.387. The normalized spacial score (nSPS) is 35.0. The number of alkyl carbamates (subject to hydrolysis) is 1. The standard InChI is InChI=1S/C40H58FN5O5/c1-40(2,3)51-39(49)42-28-15-16-44(23-28)35-31(41)21-29-34-37(35)50-33-20-27-14-10-9-13-26(27)19-32(33)46(34)24-30(36(29)47)38(48)45(18-17-43(4)5)22-25-11-7-6-8-12-25/h6-8,11-12,24,26-29,31-35,37H,9-10,13-23H2,1-5H3,(H,42,49). The Labute approximate surface area is 303 Å². The summed E-state index contributed by atoms with van der Waals surface area (Å²) in [5.74, 6) is -0.00239. The minimum atomic E-state index is -1.31. The molecule has 0 radical (unpaired) electrons. The lowest BCUT2D eigenvalue weighted by Crippen LogP contribution is -2.73. The van der Waals surface area contributed by atoms with Gasteiger partial charge in [0.25, 0.3) is 5.91 Å². The van der Waals surface area contributed by atoms with Gasteiger partial charge in [-0.1, -0.05) is 56.0 Å². The number of fused-ring (bicyclic) bond motifs is 3. The summed E-state index contributed by atoms with van der Waals surface area (Å²) < 4.78 is 29.4. The fourth-order valence-electron chi connectivity index (χ4n) is 10.1. The number of hydrogen-bond acceptors (Lipinski definition) is 8. The number of morpholine rings is 1. The molecule has 51 heavy (non-hydrogen) atoms. The molecular weight excluding hydrogens is 649 g/mol. The molecule has 0 aromatic heterocycles. The molecule has 3 heterocycles. The van der Waals surface area contributed by atoms with Crippen LogP contribution in [-0.2, 0) is 25.6 Å². The van der Waals surface area contributed by atoms with E-state index in [1.54, 1.807) is 4.90 Å². The number of nitrogens with one attached hydrogen (secondary N) is 1. The first-order chi connectivity index (χ1) is 24.4. The maximum absolute atomic E-state index is 16.8. The third kappa shape index (κ3) is 7.72. The van der Waals surface area contributed by atoms with Crippen molar-refractivity contribution in [3.63, 3.8) is 0 Å². The molecule has 1 aromatic carbocycles. The first-order valence-electron chi connectivity index (χ1n) is 19.4. The van der Waals surface area contributed by atoms with E-state index in [2.05, 4.69) is 15.1 Å². The molecular formula is C40H58FN5O5. The molecule has 11 heteroatoms. The number of halogens is 1. The molecule has 7 rings (SSSR count). The Bertz CT molecular complexity index is 1470. The van der Waals surface area contributed by atoms with Crippen LogP contribution in [0.3, 0.4) is 0 Å². The number of likely N-dealkylation sites (N-methyl/N-ethyl adjacent to an activating group) is 1. The number of Topliss-reactive ketones (excluding diaryl/α,β-unsaturated/α-hetero) is 1. The molecule has 5 fully saturated rings. The van der Waals surface area contributed by atoms with E-state index >= 15 is 4.39 Å². The second-order valence-corrected chi connectivity index (χ2v) is 17.3. The monoisotopic (exact) mass is 707 g/mol. The Balaban J connectivity index is 1.19. The zero-order chi connectivity index (χ0) is 36.0. The van der Waals surface area contributed by atoms with Gasteiger partial charge in [0.05, 0.1) is 35.9 Å². The Morgan fingerprint density at radius 3 is 2.43 bits per heavy atom. The van der Waals surface area contributed by atoms with Crippen molar-refractivity contribution in [1.82, 2.24) is 24.9 Å². The summed E-state index contributed by atoms with van der Waals surface area (Å²) >= 11 is 0.